The molecule has 0 saturated carbocycles. The van der Waals surface area contributed by atoms with Crippen molar-refractivity contribution >= 4 is 17.0 Å². The zero-order valence-electron chi connectivity index (χ0n) is 9.61. The lowest BCUT2D eigenvalue weighted by molar-refractivity contribution is 0.0517. The number of benzene rings is 1. The van der Waals surface area contributed by atoms with E-state index in [1.165, 1.54) is 0 Å². The fourth-order valence-electron chi connectivity index (χ4n) is 1.59. The Morgan fingerprint density at radius 2 is 2.24 bits per heavy atom. The molecule has 5 heteroatoms. The van der Waals surface area contributed by atoms with E-state index in [0.29, 0.717) is 11.0 Å². The van der Waals surface area contributed by atoms with Crippen LogP contribution in [0.4, 0.5) is 0 Å². The monoisotopic (exact) mass is 232 g/mol. The number of H-pyrrole nitrogens is 1. The van der Waals surface area contributed by atoms with E-state index in [4.69, 9.17) is 4.74 Å². The highest BCUT2D eigenvalue weighted by Crippen LogP contribution is 2.12. The smallest absolute Gasteiger partial charge is 0.362 e. The minimum atomic E-state index is -0.695. The molecule has 0 spiro atoms. The predicted molar refractivity (Wildman–Crippen MR) is 63.1 cm³/mol. The molecule has 0 aliphatic rings. The van der Waals surface area contributed by atoms with Gasteiger partial charge in [0.2, 0.25) is 5.69 Å². The van der Waals surface area contributed by atoms with E-state index in [0.717, 1.165) is 5.56 Å². The maximum Gasteiger partial charge on any atom is 0.362 e. The highest BCUT2D eigenvalue weighted by molar-refractivity contribution is 5.89. The summed E-state index contributed by atoms with van der Waals surface area (Å²) < 4.78 is 4.78. The molecule has 0 unspecified atom stereocenters. The second-order valence-electron chi connectivity index (χ2n) is 3.61. The summed E-state index contributed by atoms with van der Waals surface area (Å²) in [6.07, 6.45) is 0. The van der Waals surface area contributed by atoms with Crippen molar-refractivity contribution in [3.8, 4) is 0 Å². The highest BCUT2D eigenvalue weighted by atomic mass is 16.5. The molecule has 0 aliphatic carbocycles. The zero-order valence-corrected chi connectivity index (χ0v) is 9.61. The van der Waals surface area contributed by atoms with Gasteiger partial charge in [0.15, 0.2) is 0 Å². The summed E-state index contributed by atoms with van der Waals surface area (Å²) in [4.78, 5) is 29.9. The van der Waals surface area contributed by atoms with Gasteiger partial charge in [0.05, 0.1) is 17.6 Å². The van der Waals surface area contributed by atoms with E-state index in [9.17, 15) is 9.59 Å². The third kappa shape index (κ3) is 2.04. The topological polar surface area (TPSA) is 72.0 Å². The van der Waals surface area contributed by atoms with E-state index in [1.54, 1.807) is 13.0 Å². The molecular weight excluding hydrogens is 220 g/mol. The van der Waals surface area contributed by atoms with Crippen molar-refractivity contribution in [2.45, 2.75) is 13.8 Å². The summed E-state index contributed by atoms with van der Waals surface area (Å²) >= 11 is 0. The maximum atomic E-state index is 11.6. The van der Waals surface area contributed by atoms with Crippen LogP contribution in [0.3, 0.4) is 0 Å². The maximum absolute atomic E-state index is 11.6. The fourth-order valence-corrected chi connectivity index (χ4v) is 1.59. The molecule has 0 atom stereocenters. The Kier molecular flexibility index (Phi) is 2.91. The zero-order chi connectivity index (χ0) is 12.4. The second kappa shape index (κ2) is 4.37. The molecule has 1 N–H and O–H groups in total. The first-order chi connectivity index (χ1) is 8.13. The summed E-state index contributed by atoms with van der Waals surface area (Å²) in [6, 6.07) is 5.42. The third-order valence-electron chi connectivity index (χ3n) is 2.39. The van der Waals surface area contributed by atoms with E-state index in [-0.39, 0.29) is 12.3 Å². The molecule has 0 aliphatic heterocycles. The quantitative estimate of drug-likeness (QED) is 0.794. The Hall–Kier alpha value is -2.17. The van der Waals surface area contributed by atoms with E-state index >= 15 is 0 Å². The van der Waals surface area contributed by atoms with Crippen LogP contribution >= 0.6 is 0 Å². The van der Waals surface area contributed by atoms with Gasteiger partial charge in [0.25, 0.3) is 5.56 Å². The minimum Gasteiger partial charge on any atom is -0.461 e. The number of nitrogens with zero attached hydrogens (tertiary/aromatic N) is 1. The second-order valence-corrected chi connectivity index (χ2v) is 3.61. The van der Waals surface area contributed by atoms with Crippen LogP contribution in [-0.2, 0) is 4.74 Å². The lowest BCUT2D eigenvalue weighted by Crippen LogP contribution is -2.22. The van der Waals surface area contributed by atoms with Crippen LogP contribution in [0.15, 0.2) is 23.0 Å². The van der Waals surface area contributed by atoms with Crippen LogP contribution in [0.1, 0.15) is 23.0 Å². The average Bonchev–Trinajstić information content (AvgIpc) is 2.29. The van der Waals surface area contributed by atoms with Gasteiger partial charge >= 0.3 is 5.97 Å². The SMILES string of the molecule is CCOC(=O)c1nc2c(C)cccc2[nH]c1=O. The van der Waals surface area contributed by atoms with Crippen molar-refractivity contribution in [1.29, 1.82) is 0 Å². The number of para-hydroxylation sites is 1. The number of aromatic nitrogens is 2. The Morgan fingerprint density at radius 3 is 2.94 bits per heavy atom. The number of nitrogens with one attached hydrogen (secondary N) is 1. The molecule has 0 radical (unpaired) electrons. The van der Waals surface area contributed by atoms with Crippen molar-refractivity contribution in [2.75, 3.05) is 6.61 Å². The molecule has 1 heterocycles. The number of carbonyl (C=O) groups excluding carboxylic acids is 1. The molecule has 1 aromatic carbocycles. The van der Waals surface area contributed by atoms with Gasteiger partial charge < -0.3 is 9.72 Å². The Bertz CT molecular complexity index is 631. The fraction of sp³-hybridized carbons (Fsp3) is 0.250. The van der Waals surface area contributed by atoms with Gasteiger partial charge in [0.1, 0.15) is 0 Å². The lowest BCUT2D eigenvalue weighted by atomic mass is 10.2. The number of aromatic amines is 1. The summed E-state index contributed by atoms with van der Waals surface area (Å²) in [6.45, 7) is 3.76. The van der Waals surface area contributed by atoms with Crippen LogP contribution in [-0.4, -0.2) is 22.5 Å². The number of ether oxygens (including phenoxy) is 1. The summed E-state index contributed by atoms with van der Waals surface area (Å²) in [5.74, 6) is -0.695. The van der Waals surface area contributed by atoms with Gasteiger partial charge in [-0.15, -0.1) is 0 Å². The Morgan fingerprint density at radius 1 is 1.47 bits per heavy atom. The molecule has 2 rings (SSSR count). The number of esters is 1. The molecule has 1 aromatic heterocycles. The number of aryl methyl sites for hydroxylation is 1. The highest BCUT2D eigenvalue weighted by Gasteiger charge is 2.15. The molecule has 88 valence electrons. The van der Waals surface area contributed by atoms with Crippen molar-refractivity contribution in [3.63, 3.8) is 0 Å². The van der Waals surface area contributed by atoms with Crippen LogP contribution in [0.25, 0.3) is 11.0 Å². The van der Waals surface area contributed by atoms with E-state index in [2.05, 4.69) is 9.97 Å². The first-order valence-corrected chi connectivity index (χ1v) is 5.30. The predicted octanol–water partition coefficient (Wildman–Crippen LogP) is 1.41. The Labute approximate surface area is 97.4 Å². The largest absolute Gasteiger partial charge is 0.461 e. The number of hydrogen-bond donors (Lipinski definition) is 1. The minimum absolute atomic E-state index is 0.200. The van der Waals surface area contributed by atoms with Crippen molar-refractivity contribution in [3.05, 3.63) is 39.8 Å². The van der Waals surface area contributed by atoms with Crippen LogP contribution in [0, 0.1) is 6.92 Å². The van der Waals surface area contributed by atoms with Gasteiger partial charge in [-0.05, 0) is 25.5 Å². The molecule has 17 heavy (non-hydrogen) atoms. The molecular formula is C12H12N2O3. The van der Waals surface area contributed by atoms with Gasteiger partial charge in [0, 0.05) is 0 Å². The van der Waals surface area contributed by atoms with Crippen molar-refractivity contribution in [1.82, 2.24) is 9.97 Å². The molecule has 2 aromatic rings. The van der Waals surface area contributed by atoms with Gasteiger partial charge in [-0.2, -0.15) is 0 Å². The van der Waals surface area contributed by atoms with Gasteiger partial charge in [-0.25, -0.2) is 9.78 Å². The number of fused-ring (bicyclic) bond motifs is 1. The summed E-state index contributed by atoms with van der Waals surface area (Å²) in [5.41, 5.74) is 1.39. The molecule has 0 fully saturated rings. The standard InChI is InChI=1S/C12H12N2O3/c1-3-17-12(16)10-11(15)13-8-6-4-5-7(2)9(8)14-10/h4-6H,3H2,1-2H3,(H,13,15). The van der Waals surface area contributed by atoms with Crippen molar-refractivity contribution in [2.24, 2.45) is 0 Å². The number of hydrogen-bond acceptors (Lipinski definition) is 4. The Balaban J connectivity index is 2.66. The molecule has 5 nitrogen and oxygen atoms in total. The third-order valence-corrected chi connectivity index (χ3v) is 2.39. The summed E-state index contributed by atoms with van der Waals surface area (Å²) in [7, 11) is 0. The molecule has 0 saturated heterocycles. The molecule has 0 bridgehead atoms. The normalized spacial score (nSPS) is 10.5. The van der Waals surface area contributed by atoms with Crippen LogP contribution < -0.4 is 5.56 Å². The van der Waals surface area contributed by atoms with E-state index < -0.39 is 11.5 Å². The molecule has 0 amide bonds. The first kappa shape index (κ1) is 11.3. The van der Waals surface area contributed by atoms with Crippen LogP contribution in [0.2, 0.25) is 0 Å². The van der Waals surface area contributed by atoms with E-state index in [1.807, 2.05) is 19.1 Å². The first-order valence-electron chi connectivity index (χ1n) is 5.30. The van der Waals surface area contributed by atoms with Crippen molar-refractivity contribution < 1.29 is 9.53 Å². The number of rotatable bonds is 2. The van der Waals surface area contributed by atoms with Gasteiger partial charge in [-0.1, -0.05) is 12.1 Å². The van der Waals surface area contributed by atoms with Gasteiger partial charge in [-0.3, -0.25) is 4.79 Å². The lowest BCUT2D eigenvalue weighted by Gasteiger charge is -2.04. The summed E-state index contributed by atoms with van der Waals surface area (Å²) in [5, 5.41) is 0. The van der Waals surface area contributed by atoms with Crippen LogP contribution in [0.5, 0.6) is 0 Å². The number of carbonyl (C=O) groups is 1. The average molecular weight is 232 g/mol.